The summed E-state index contributed by atoms with van der Waals surface area (Å²) in [5, 5.41) is 32.8. The van der Waals surface area contributed by atoms with Gasteiger partial charge < -0.3 is 15.5 Å². The van der Waals surface area contributed by atoms with Crippen LogP contribution in [0, 0.1) is 10.1 Å². The van der Waals surface area contributed by atoms with Gasteiger partial charge in [0.2, 0.25) is 0 Å². The molecule has 0 radical (unpaired) electrons. The first-order valence-corrected chi connectivity index (χ1v) is 6.00. The number of para-hydroxylation sites is 2. The van der Waals surface area contributed by atoms with E-state index in [-0.39, 0.29) is 23.2 Å². The summed E-state index contributed by atoms with van der Waals surface area (Å²) in [6.07, 6.45) is 0. The normalized spacial score (nSPS) is 11.8. The van der Waals surface area contributed by atoms with E-state index in [0.29, 0.717) is 11.3 Å². The highest BCUT2D eigenvalue weighted by atomic mass is 16.6. The third-order valence-corrected chi connectivity index (χ3v) is 2.90. The van der Waals surface area contributed by atoms with E-state index in [2.05, 4.69) is 5.32 Å². The van der Waals surface area contributed by atoms with Gasteiger partial charge in [0.25, 0.3) is 5.69 Å². The maximum atomic E-state index is 10.9. The number of phenols is 2. The number of hydrogen-bond donors (Lipinski definition) is 3. The van der Waals surface area contributed by atoms with Crippen LogP contribution in [0.15, 0.2) is 42.5 Å². The first-order valence-electron chi connectivity index (χ1n) is 6.00. The first-order chi connectivity index (χ1) is 9.47. The predicted molar refractivity (Wildman–Crippen MR) is 74.9 cm³/mol. The fraction of sp³-hybridized carbons (Fsp3) is 0.143. The zero-order valence-electron chi connectivity index (χ0n) is 10.8. The minimum Gasteiger partial charge on any atom is -0.508 e. The van der Waals surface area contributed by atoms with Crippen molar-refractivity contribution < 1.29 is 15.1 Å². The molecule has 6 nitrogen and oxygen atoms in total. The number of aromatic hydroxyl groups is 2. The molecule has 0 aliphatic heterocycles. The van der Waals surface area contributed by atoms with E-state index in [0.717, 1.165) is 0 Å². The Morgan fingerprint density at radius 3 is 2.35 bits per heavy atom. The van der Waals surface area contributed by atoms with Crippen LogP contribution < -0.4 is 5.32 Å². The fourth-order valence-corrected chi connectivity index (χ4v) is 1.94. The Balaban J connectivity index is 2.28. The van der Waals surface area contributed by atoms with Crippen molar-refractivity contribution in [2.45, 2.75) is 13.0 Å². The smallest absolute Gasteiger partial charge is 0.292 e. The molecule has 20 heavy (non-hydrogen) atoms. The highest BCUT2D eigenvalue weighted by molar-refractivity contribution is 5.62. The predicted octanol–water partition coefficient (Wildman–Crippen LogP) is 3.18. The van der Waals surface area contributed by atoms with Crippen LogP contribution >= 0.6 is 0 Å². The second kappa shape index (κ2) is 5.48. The molecule has 2 aromatic rings. The SMILES string of the molecule is CC(Nc1ccccc1[N+](=O)[O-])c1cc(O)cc(O)c1. The molecule has 0 saturated heterocycles. The van der Waals surface area contributed by atoms with Gasteiger partial charge >= 0.3 is 0 Å². The molecule has 104 valence electrons. The zero-order chi connectivity index (χ0) is 14.7. The number of rotatable bonds is 4. The van der Waals surface area contributed by atoms with E-state index in [9.17, 15) is 20.3 Å². The maximum Gasteiger partial charge on any atom is 0.292 e. The van der Waals surface area contributed by atoms with Gasteiger partial charge in [-0.2, -0.15) is 0 Å². The number of nitro benzene ring substituents is 1. The zero-order valence-corrected chi connectivity index (χ0v) is 10.8. The minimum atomic E-state index is -0.463. The van der Waals surface area contributed by atoms with Gasteiger partial charge in [-0.3, -0.25) is 10.1 Å². The molecular weight excluding hydrogens is 260 g/mol. The van der Waals surface area contributed by atoms with E-state index < -0.39 is 4.92 Å². The Morgan fingerprint density at radius 1 is 1.15 bits per heavy atom. The van der Waals surface area contributed by atoms with Crippen molar-refractivity contribution in [3.8, 4) is 11.5 Å². The molecular formula is C14H14N2O4. The molecule has 0 bridgehead atoms. The molecule has 3 N–H and O–H groups in total. The van der Waals surface area contributed by atoms with Crippen LogP contribution in [-0.4, -0.2) is 15.1 Å². The lowest BCUT2D eigenvalue weighted by molar-refractivity contribution is -0.384. The number of nitrogens with one attached hydrogen (secondary N) is 1. The summed E-state index contributed by atoms with van der Waals surface area (Å²) >= 11 is 0. The Morgan fingerprint density at radius 2 is 1.75 bits per heavy atom. The molecule has 1 unspecified atom stereocenters. The van der Waals surface area contributed by atoms with Gasteiger partial charge in [-0.05, 0) is 30.7 Å². The van der Waals surface area contributed by atoms with Crippen LogP contribution in [0.1, 0.15) is 18.5 Å². The Bertz CT molecular complexity index is 623. The lowest BCUT2D eigenvalue weighted by Gasteiger charge is -2.16. The summed E-state index contributed by atoms with van der Waals surface area (Å²) in [5.74, 6) is -0.118. The fourth-order valence-electron chi connectivity index (χ4n) is 1.94. The van der Waals surface area contributed by atoms with E-state index in [4.69, 9.17) is 0 Å². The lowest BCUT2D eigenvalue weighted by Crippen LogP contribution is -2.08. The Kier molecular flexibility index (Phi) is 3.74. The number of phenolic OH excluding ortho intramolecular Hbond substituents is 2. The molecule has 1 atom stereocenters. The van der Waals surface area contributed by atoms with E-state index in [1.54, 1.807) is 25.1 Å². The molecule has 0 aliphatic rings. The van der Waals surface area contributed by atoms with Crippen molar-refractivity contribution in [1.29, 1.82) is 0 Å². The molecule has 0 aromatic heterocycles. The molecule has 0 aliphatic carbocycles. The van der Waals surface area contributed by atoms with Crippen molar-refractivity contribution >= 4 is 11.4 Å². The van der Waals surface area contributed by atoms with Gasteiger partial charge in [-0.1, -0.05) is 12.1 Å². The Labute approximate surface area is 115 Å². The quantitative estimate of drug-likeness (QED) is 0.587. The number of nitro groups is 1. The minimum absolute atomic E-state index is 0.0243. The summed E-state index contributed by atoms with van der Waals surface area (Å²) in [7, 11) is 0. The van der Waals surface area contributed by atoms with Crippen LogP contribution in [0.4, 0.5) is 11.4 Å². The molecule has 0 amide bonds. The molecule has 0 spiro atoms. The number of hydrogen-bond acceptors (Lipinski definition) is 5. The third-order valence-electron chi connectivity index (χ3n) is 2.90. The van der Waals surface area contributed by atoms with Crippen molar-refractivity contribution in [2.24, 2.45) is 0 Å². The standard InChI is InChI=1S/C14H14N2O4/c1-9(10-6-11(17)8-12(18)7-10)15-13-4-2-3-5-14(13)16(19)20/h2-9,15,17-18H,1H3. The van der Waals surface area contributed by atoms with Gasteiger partial charge in [0, 0.05) is 18.2 Å². The van der Waals surface area contributed by atoms with E-state index in [1.165, 1.54) is 24.3 Å². The highest BCUT2D eigenvalue weighted by Crippen LogP contribution is 2.30. The summed E-state index contributed by atoms with van der Waals surface area (Å²) < 4.78 is 0. The van der Waals surface area contributed by atoms with Crippen LogP contribution in [0.5, 0.6) is 11.5 Å². The number of nitrogens with zero attached hydrogens (tertiary/aromatic N) is 1. The average Bonchev–Trinajstić information content (AvgIpc) is 2.37. The van der Waals surface area contributed by atoms with Crippen molar-refractivity contribution in [3.63, 3.8) is 0 Å². The summed E-state index contributed by atoms with van der Waals surface area (Å²) in [4.78, 5) is 10.5. The van der Waals surface area contributed by atoms with Crippen molar-refractivity contribution in [3.05, 3.63) is 58.1 Å². The van der Waals surface area contributed by atoms with Gasteiger partial charge in [0.1, 0.15) is 17.2 Å². The first kappa shape index (κ1) is 13.7. The van der Waals surface area contributed by atoms with Crippen LogP contribution in [0.25, 0.3) is 0 Å². The molecule has 0 fully saturated rings. The maximum absolute atomic E-state index is 10.9. The molecule has 2 aromatic carbocycles. The lowest BCUT2D eigenvalue weighted by atomic mass is 10.1. The van der Waals surface area contributed by atoms with Crippen LogP contribution in [0.3, 0.4) is 0 Å². The largest absolute Gasteiger partial charge is 0.508 e. The summed E-state index contributed by atoms with van der Waals surface area (Å²) in [6, 6.07) is 10.2. The van der Waals surface area contributed by atoms with Crippen molar-refractivity contribution in [1.82, 2.24) is 0 Å². The summed E-state index contributed by atoms with van der Waals surface area (Å²) in [6.45, 7) is 1.78. The van der Waals surface area contributed by atoms with E-state index in [1.807, 2.05) is 0 Å². The summed E-state index contributed by atoms with van der Waals surface area (Å²) in [5.41, 5.74) is 0.984. The topological polar surface area (TPSA) is 95.6 Å². The average molecular weight is 274 g/mol. The van der Waals surface area contributed by atoms with Crippen LogP contribution in [-0.2, 0) is 0 Å². The van der Waals surface area contributed by atoms with Crippen molar-refractivity contribution in [2.75, 3.05) is 5.32 Å². The highest BCUT2D eigenvalue weighted by Gasteiger charge is 2.15. The van der Waals surface area contributed by atoms with E-state index >= 15 is 0 Å². The molecule has 6 heteroatoms. The monoisotopic (exact) mass is 274 g/mol. The second-order valence-corrected chi connectivity index (χ2v) is 4.42. The second-order valence-electron chi connectivity index (χ2n) is 4.42. The molecule has 2 rings (SSSR count). The third kappa shape index (κ3) is 2.97. The molecule has 0 saturated carbocycles. The van der Waals surface area contributed by atoms with Crippen LogP contribution in [0.2, 0.25) is 0 Å². The van der Waals surface area contributed by atoms with Gasteiger partial charge in [0.05, 0.1) is 4.92 Å². The number of anilines is 1. The van der Waals surface area contributed by atoms with Gasteiger partial charge in [-0.25, -0.2) is 0 Å². The van der Waals surface area contributed by atoms with Gasteiger partial charge in [0.15, 0.2) is 0 Å². The van der Waals surface area contributed by atoms with Gasteiger partial charge in [-0.15, -0.1) is 0 Å². The Hall–Kier alpha value is -2.76. The number of benzene rings is 2. The molecule has 0 heterocycles.